The molecule has 0 radical (unpaired) electrons. The van der Waals surface area contributed by atoms with Crippen LogP contribution in [0.4, 0.5) is 0 Å². The Bertz CT molecular complexity index is 204. The quantitative estimate of drug-likeness (QED) is 0.395. The van der Waals surface area contributed by atoms with Crippen molar-refractivity contribution >= 4 is 0 Å². The molecule has 0 spiro atoms. The number of hydrogen-bond donors (Lipinski definition) is 2. The van der Waals surface area contributed by atoms with Gasteiger partial charge in [0.2, 0.25) is 0 Å². The molecule has 0 aliphatic rings. The summed E-state index contributed by atoms with van der Waals surface area (Å²) in [6.07, 6.45) is 15.0. The SMILES string of the molecule is CC(C)CCCCCCCCCCCCN(CCO)CCO. The summed E-state index contributed by atoms with van der Waals surface area (Å²) >= 11 is 0. The highest BCUT2D eigenvalue weighted by atomic mass is 16.3. The van der Waals surface area contributed by atoms with Gasteiger partial charge in [0.25, 0.3) is 0 Å². The van der Waals surface area contributed by atoms with E-state index in [1.807, 2.05) is 0 Å². The zero-order valence-corrected chi connectivity index (χ0v) is 15.2. The lowest BCUT2D eigenvalue weighted by Gasteiger charge is -2.19. The molecular formula is C19H41NO2. The van der Waals surface area contributed by atoms with E-state index >= 15 is 0 Å². The third-order valence-corrected chi connectivity index (χ3v) is 4.34. The second-order valence-corrected chi connectivity index (χ2v) is 7.01. The van der Waals surface area contributed by atoms with Crippen LogP contribution in [0.25, 0.3) is 0 Å². The van der Waals surface area contributed by atoms with Gasteiger partial charge < -0.3 is 10.2 Å². The maximum Gasteiger partial charge on any atom is 0.0558 e. The zero-order valence-electron chi connectivity index (χ0n) is 15.2. The molecule has 0 heterocycles. The topological polar surface area (TPSA) is 43.7 Å². The van der Waals surface area contributed by atoms with E-state index < -0.39 is 0 Å². The first-order valence-corrected chi connectivity index (χ1v) is 9.64. The van der Waals surface area contributed by atoms with Crippen molar-refractivity contribution in [2.45, 2.75) is 84.5 Å². The molecule has 0 aliphatic carbocycles. The lowest BCUT2D eigenvalue weighted by Crippen LogP contribution is -2.30. The summed E-state index contributed by atoms with van der Waals surface area (Å²) in [5.74, 6) is 0.866. The molecule has 0 aromatic rings. The van der Waals surface area contributed by atoms with Gasteiger partial charge in [-0.05, 0) is 18.9 Å². The smallest absolute Gasteiger partial charge is 0.0558 e. The van der Waals surface area contributed by atoms with Gasteiger partial charge in [0.1, 0.15) is 0 Å². The maximum atomic E-state index is 8.94. The Labute approximate surface area is 139 Å². The fourth-order valence-corrected chi connectivity index (χ4v) is 2.92. The molecule has 0 saturated carbocycles. The van der Waals surface area contributed by atoms with Gasteiger partial charge in [-0.15, -0.1) is 0 Å². The molecule has 0 bridgehead atoms. The van der Waals surface area contributed by atoms with Crippen LogP contribution in [0.1, 0.15) is 84.5 Å². The molecule has 0 amide bonds. The van der Waals surface area contributed by atoms with Gasteiger partial charge in [-0.1, -0.05) is 78.1 Å². The Morgan fingerprint density at radius 1 is 0.591 bits per heavy atom. The van der Waals surface area contributed by atoms with E-state index in [0.717, 1.165) is 12.5 Å². The first-order chi connectivity index (χ1) is 10.7. The van der Waals surface area contributed by atoms with E-state index in [0.29, 0.717) is 13.1 Å². The van der Waals surface area contributed by atoms with Gasteiger partial charge in [-0.2, -0.15) is 0 Å². The largest absolute Gasteiger partial charge is 0.395 e. The van der Waals surface area contributed by atoms with E-state index in [2.05, 4.69) is 18.7 Å². The average molecular weight is 316 g/mol. The van der Waals surface area contributed by atoms with Crippen molar-refractivity contribution in [3.63, 3.8) is 0 Å². The van der Waals surface area contributed by atoms with Crippen LogP contribution in [0.5, 0.6) is 0 Å². The number of aliphatic hydroxyl groups is 2. The number of hydrogen-bond acceptors (Lipinski definition) is 3. The Morgan fingerprint density at radius 2 is 1.00 bits per heavy atom. The van der Waals surface area contributed by atoms with Gasteiger partial charge in [-0.3, -0.25) is 4.90 Å². The second kappa shape index (κ2) is 17.2. The fraction of sp³-hybridized carbons (Fsp3) is 1.00. The summed E-state index contributed by atoms with van der Waals surface area (Å²) < 4.78 is 0. The Balaban J connectivity index is 3.19. The second-order valence-electron chi connectivity index (χ2n) is 7.01. The van der Waals surface area contributed by atoms with E-state index in [4.69, 9.17) is 10.2 Å². The molecule has 0 saturated heterocycles. The first kappa shape index (κ1) is 21.9. The van der Waals surface area contributed by atoms with Crippen LogP contribution < -0.4 is 0 Å². The minimum Gasteiger partial charge on any atom is -0.395 e. The fourth-order valence-electron chi connectivity index (χ4n) is 2.92. The predicted octanol–water partition coefficient (Wildman–Crippen LogP) is 4.22. The van der Waals surface area contributed by atoms with E-state index in [-0.39, 0.29) is 13.2 Å². The van der Waals surface area contributed by atoms with Gasteiger partial charge >= 0.3 is 0 Å². The lowest BCUT2D eigenvalue weighted by atomic mass is 10.0. The Hall–Kier alpha value is -0.120. The highest BCUT2D eigenvalue weighted by Crippen LogP contribution is 2.13. The summed E-state index contributed by atoms with van der Waals surface area (Å²) in [5, 5.41) is 17.9. The highest BCUT2D eigenvalue weighted by molar-refractivity contribution is 4.57. The first-order valence-electron chi connectivity index (χ1n) is 9.64. The van der Waals surface area contributed by atoms with E-state index in [1.165, 1.54) is 70.6 Å². The molecule has 3 nitrogen and oxygen atoms in total. The van der Waals surface area contributed by atoms with Crippen molar-refractivity contribution in [1.82, 2.24) is 4.90 Å². The van der Waals surface area contributed by atoms with Crippen LogP contribution in [0.15, 0.2) is 0 Å². The van der Waals surface area contributed by atoms with Crippen LogP contribution in [0.2, 0.25) is 0 Å². The summed E-state index contributed by atoms with van der Waals surface area (Å²) in [6.45, 7) is 7.40. The predicted molar refractivity (Wildman–Crippen MR) is 96.2 cm³/mol. The molecule has 0 aromatic carbocycles. The third-order valence-electron chi connectivity index (χ3n) is 4.34. The number of rotatable bonds is 17. The number of unbranched alkanes of at least 4 members (excludes halogenated alkanes) is 9. The number of aliphatic hydroxyl groups excluding tert-OH is 2. The zero-order chi connectivity index (χ0) is 16.5. The molecule has 0 fully saturated rings. The molecule has 0 aromatic heterocycles. The van der Waals surface area contributed by atoms with Crippen molar-refractivity contribution in [1.29, 1.82) is 0 Å². The third kappa shape index (κ3) is 16.3. The average Bonchev–Trinajstić information content (AvgIpc) is 2.48. The monoisotopic (exact) mass is 315 g/mol. The lowest BCUT2D eigenvalue weighted by molar-refractivity contribution is 0.159. The summed E-state index contributed by atoms with van der Waals surface area (Å²) in [5.41, 5.74) is 0. The van der Waals surface area contributed by atoms with Gasteiger partial charge in [0.05, 0.1) is 13.2 Å². The van der Waals surface area contributed by atoms with Crippen LogP contribution in [-0.2, 0) is 0 Å². The minimum absolute atomic E-state index is 0.192. The van der Waals surface area contributed by atoms with Gasteiger partial charge in [-0.25, -0.2) is 0 Å². The highest BCUT2D eigenvalue weighted by Gasteiger charge is 2.02. The molecule has 134 valence electrons. The molecular weight excluding hydrogens is 274 g/mol. The van der Waals surface area contributed by atoms with E-state index in [9.17, 15) is 0 Å². The molecule has 0 atom stereocenters. The van der Waals surface area contributed by atoms with Crippen molar-refractivity contribution in [3.8, 4) is 0 Å². The Morgan fingerprint density at radius 3 is 1.41 bits per heavy atom. The molecule has 0 unspecified atom stereocenters. The maximum absolute atomic E-state index is 8.94. The molecule has 0 aliphatic heterocycles. The minimum atomic E-state index is 0.192. The Kier molecular flexibility index (Phi) is 17.1. The van der Waals surface area contributed by atoms with E-state index in [1.54, 1.807) is 0 Å². The van der Waals surface area contributed by atoms with Crippen molar-refractivity contribution < 1.29 is 10.2 Å². The molecule has 3 heteroatoms. The number of nitrogens with zero attached hydrogens (tertiary/aromatic N) is 1. The van der Waals surface area contributed by atoms with Crippen LogP contribution in [0, 0.1) is 5.92 Å². The van der Waals surface area contributed by atoms with Crippen LogP contribution in [-0.4, -0.2) is 48.0 Å². The molecule has 0 rings (SSSR count). The van der Waals surface area contributed by atoms with Gasteiger partial charge in [0, 0.05) is 13.1 Å². The van der Waals surface area contributed by atoms with Crippen LogP contribution >= 0.6 is 0 Å². The molecule has 2 N–H and O–H groups in total. The van der Waals surface area contributed by atoms with Gasteiger partial charge in [0.15, 0.2) is 0 Å². The summed E-state index contributed by atoms with van der Waals surface area (Å²) in [4.78, 5) is 2.15. The van der Waals surface area contributed by atoms with Crippen LogP contribution in [0.3, 0.4) is 0 Å². The van der Waals surface area contributed by atoms with Crippen molar-refractivity contribution in [2.75, 3.05) is 32.8 Å². The van der Waals surface area contributed by atoms with Crippen molar-refractivity contribution in [2.24, 2.45) is 5.92 Å². The standard InChI is InChI=1S/C19H41NO2/c1-19(2)13-11-9-7-5-3-4-6-8-10-12-14-20(15-17-21)16-18-22/h19,21-22H,3-18H2,1-2H3. The van der Waals surface area contributed by atoms with Crippen molar-refractivity contribution in [3.05, 3.63) is 0 Å². The summed E-state index contributed by atoms with van der Waals surface area (Å²) in [6, 6.07) is 0. The summed E-state index contributed by atoms with van der Waals surface area (Å²) in [7, 11) is 0. The normalized spacial score (nSPS) is 11.7. The molecule has 22 heavy (non-hydrogen) atoms.